The van der Waals surface area contributed by atoms with Crippen molar-refractivity contribution in [3.05, 3.63) is 71.6 Å². The van der Waals surface area contributed by atoms with Crippen LogP contribution in [-0.2, 0) is 14.8 Å². The Morgan fingerprint density at radius 1 is 1.06 bits per heavy atom. The Morgan fingerprint density at radius 3 is 2.27 bits per heavy atom. The largest absolute Gasteiger partial charge is 0.496 e. The summed E-state index contributed by atoms with van der Waals surface area (Å²) in [5.74, 6) is -0.737. The van der Waals surface area contributed by atoms with Gasteiger partial charge in [0.05, 0.1) is 19.1 Å². The molecule has 0 bridgehead atoms. The molecule has 2 aromatic carbocycles. The van der Waals surface area contributed by atoms with Gasteiger partial charge in [0.25, 0.3) is 0 Å². The number of ether oxygens (including phenoxy) is 2. The lowest BCUT2D eigenvalue weighted by molar-refractivity contribution is -0.135. The van der Waals surface area contributed by atoms with Gasteiger partial charge in [0, 0.05) is 33.2 Å². The first kappa shape index (κ1) is 24.2. The number of ketones is 1. The molecule has 0 aliphatic rings. The number of rotatable bonds is 10. The molecule has 0 radical (unpaired) electrons. The monoisotopic (exact) mass is 487 g/mol. The number of thiophene rings is 1. The summed E-state index contributed by atoms with van der Waals surface area (Å²) in [5, 5.41) is 10.6. The molecule has 0 spiro atoms. The molecule has 0 aliphatic heterocycles. The summed E-state index contributed by atoms with van der Waals surface area (Å²) < 4.78 is 37.2. The molecule has 10 heteroatoms. The number of methoxy groups -OCH3 is 2. The Labute approximate surface area is 195 Å². The van der Waals surface area contributed by atoms with Gasteiger partial charge in [-0.1, -0.05) is 12.6 Å². The maximum absolute atomic E-state index is 13.1. The van der Waals surface area contributed by atoms with Crippen LogP contribution in [0, 0.1) is 0 Å². The number of Topliss-reactive ketones (excluding diaryl/α,β-unsaturated/α-hetero) is 1. The minimum absolute atomic E-state index is 0.159. The summed E-state index contributed by atoms with van der Waals surface area (Å²) in [6, 6.07) is 12.5. The van der Waals surface area contributed by atoms with E-state index in [-0.39, 0.29) is 16.0 Å². The van der Waals surface area contributed by atoms with Crippen molar-refractivity contribution in [2.24, 2.45) is 0 Å². The van der Waals surface area contributed by atoms with Crippen LogP contribution in [0.15, 0.2) is 65.4 Å². The molecule has 0 saturated carbocycles. The van der Waals surface area contributed by atoms with Crippen LogP contribution >= 0.6 is 11.3 Å². The third-order valence-electron chi connectivity index (χ3n) is 4.75. The van der Waals surface area contributed by atoms with Crippen LogP contribution in [-0.4, -0.2) is 46.0 Å². The zero-order valence-electron chi connectivity index (χ0n) is 17.8. The second-order valence-electron chi connectivity index (χ2n) is 6.78. The van der Waals surface area contributed by atoms with Crippen molar-refractivity contribution >= 4 is 38.7 Å². The van der Waals surface area contributed by atoms with E-state index in [1.165, 1.54) is 42.7 Å². The van der Waals surface area contributed by atoms with Crippen LogP contribution in [0.3, 0.4) is 0 Å². The van der Waals surface area contributed by atoms with Crippen molar-refractivity contribution in [2.45, 2.75) is 4.90 Å². The zero-order chi connectivity index (χ0) is 24.2. The molecule has 0 amide bonds. The first-order valence-corrected chi connectivity index (χ1v) is 11.9. The van der Waals surface area contributed by atoms with Crippen LogP contribution in [0.4, 0.5) is 0 Å². The van der Waals surface area contributed by atoms with E-state index in [1.807, 2.05) is 22.2 Å². The molecular weight excluding hydrogens is 466 g/mol. The number of hydrogen-bond acceptors (Lipinski definition) is 7. The average Bonchev–Trinajstić information content (AvgIpc) is 3.36. The Morgan fingerprint density at radius 2 is 1.73 bits per heavy atom. The highest BCUT2D eigenvalue weighted by Gasteiger charge is 2.21. The van der Waals surface area contributed by atoms with Gasteiger partial charge in [0.2, 0.25) is 10.0 Å². The summed E-state index contributed by atoms with van der Waals surface area (Å²) in [6.07, 6.45) is 0. The van der Waals surface area contributed by atoms with Gasteiger partial charge in [-0.25, -0.2) is 8.42 Å². The highest BCUT2D eigenvalue weighted by atomic mass is 32.2. The van der Waals surface area contributed by atoms with Gasteiger partial charge in [-0.15, -0.1) is 11.3 Å². The van der Waals surface area contributed by atoms with Gasteiger partial charge in [-0.05, 0) is 41.8 Å². The first-order valence-electron chi connectivity index (χ1n) is 9.53. The van der Waals surface area contributed by atoms with Crippen molar-refractivity contribution < 1.29 is 32.6 Å². The molecule has 3 rings (SSSR count). The number of carboxylic acids is 1. The minimum Gasteiger partial charge on any atom is -0.496 e. The lowest BCUT2D eigenvalue weighted by Crippen LogP contribution is -2.29. The summed E-state index contributed by atoms with van der Waals surface area (Å²) in [7, 11) is -0.992. The third-order valence-corrected chi connectivity index (χ3v) is 7.07. The number of allylic oxidation sites excluding steroid dienone is 1. The van der Waals surface area contributed by atoms with E-state index in [1.54, 1.807) is 19.2 Å². The number of hydrogen-bond donors (Lipinski definition) is 2. The molecule has 8 nitrogen and oxygen atoms in total. The standard InChI is InChI=1S/C23H21NO7S2/c1-14(17-11-18(21-5-4-10-32-21)20(31-3)12-19(17)30-2)23(27)15-6-8-16(9-7-15)33(28,29)24-13-22(25)26/h4-12,24H,1,13H2,2-3H3,(H,25,26). The Balaban J connectivity index is 1.93. The molecule has 33 heavy (non-hydrogen) atoms. The van der Waals surface area contributed by atoms with Crippen molar-refractivity contribution in [3.63, 3.8) is 0 Å². The van der Waals surface area contributed by atoms with Gasteiger partial charge in [-0.2, -0.15) is 4.72 Å². The van der Waals surface area contributed by atoms with Crippen molar-refractivity contribution in [1.82, 2.24) is 4.72 Å². The molecule has 0 atom stereocenters. The molecule has 172 valence electrons. The average molecular weight is 488 g/mol. The smallest absolute Gasteiger partial charge is 0.318 e. The molecule has 3 aromatic rings. The molecule has 1 heterocycles. The zero-order valence-corrected chi connectivity index (χ0v) is 19.5. The normalized spacial score (nSPS) is 11.1. The van der Waals surface area contributed by atoms with E-state index in [0.29, 0.717) is 17.1 Å². The van der Waals surface area contributed by atoms with Crippen LogP contribution in [0.2, 0.25) is 0 Å². The quantitative estimate of drug-likeness (QED) is 0.331. The third kappa shape index (κ3) is 5.30. The van der Waals surface area contributed by atoms with Crippen LogP contribution in [0.5, 0.6) is 11.5 Å². The second kappa shape index (κ2) is 9.99. The first-order chi connectivity index (χ1) is 15.7. The molecular formula is C23H21NO7S2. The van der Waals surface area contributed by atoms with Gasteiger partial charge < -0.3 is 14.6 Å². The maximum atomic E-state index is 13.1. The van der Waals surface area contributed by atoms with Gasteiger partial charge >= 0.3 is 5.97 Å². The Kier molecular flexibility index (Phi) is 7.32. The number of sulfonamides is 1. The van der Waals surface area contributed by atoms with Crippen LogP contribution in [0.1, 0.15) is 15.9 Å². The van der Waals surface area contributed by atoms with Crippen molar-refractivity contribution in [3.8, 4) is 21.9 Å². The van der Waals surface area contributed by atoms with E-state index < -0.39 is 28.3 Å². The molecule has 0 aliphatic carbocycles. The summed E-state index contributed by atoms with van der Waals surface area (Å²) in [6.45, 7) is 3.20. The highest BCUT2D eigenvalue weighted by molar-refractivity contribution is 7.89. The van der Waals surface area contributed by atoms with E-state index in [0.717, 1.165) is 10.4 Å². The predicted molar refractivity (Wildman–Crippen MR) is 125 cm³/mol. The Hall–Kier alpha value is -3.47. The number of benzene rings is 2. The number of nitrogens with one attached hydrogen (secondary N) is 1. The van der Waals surface area contributed by atoms with Gasteiger partial charge in [0.15, 0.2) is 5.78 Å². The number of carbonyl (C=O) groups excluding carboxylic acids is 1. The van der Waals surface area contributed by atoms with Gasteiger partial charge in [-0.3, -0.25) is 9.59 Å². The lowest BCUT2D eigenvalue weighted by atomic mass is 9.95. The van der Waals surface area contributed by atoms with Crippen molar-refractivity contribution in [1.29, 1.82) is 0 Å². The van der Waals surface area contributed by atoms with Crippen molar-refractivity contribution in [2.75, 3.05) is 20.8 Å². The fourth-order valence-corrected chi connectivity index (χ4v) is 4.80. The predicted octanol–water partition coefficient (Wildman–Crippen LogP) is 3.69. The summed E-state index contributed by atoms with van der Waals surface area (Å²) in [4.78, 5) is 24.5. The lowest BCUT2D eigenvalue weighted by Gasteiger charge is -2.15. The number of aliphatic carboxylic acids is 1. The second-order valence-corrected chi connectivity index (χ2v) is 9.50. The topological polar surface area (TPSA) is 119 Å². The fraction of sp³-hybridized carbons (Fsp3) is 0.130. The van der Waals surface area contributed by atoms with E-state index in [4.69, 9.17) is 14.6 Å². The van der Waals surface area contributed by atoms with E-state index >= 15 is 0 Å². The molecule has 1 aromatic heterocycles. The van der Waals surface area contributed by atoms with Crippen LogP contribution in [0.25, 0.3) is 16.0 Å². The molecule has 0 saturated heterocycles. The molecule has 2 N–H and O–H groups in total. The Bertz CT molecular complexity index is 1300. The SMILES string of the molecule is C=C(C(=O)c1ccc(S(=O)(=O)NCC(=O)O)cc1)c1cc(-c2cccs2)c(OC)cc1OC. The summed E-state index contributed by atoms with van der Waals surface area (Å²) >= 11 is 1.52. The van der Waals surface area contributed by atoms with Crippen LogP contribution < -0.4 is 14.2 Å². The van der Waals surface area contributed by atoms with Gasteiger partial charge in [0.1, 0.15) is 18.0 Å². The fourth-order valence-electron chi connectivity index (χ4n) is 3.08. The number of carbonyl (C=O) groups is 2. The summed E-state index contributed by atoms with van der Waals surface area (Å²) in [5.41, 5.74) is 1.63. The minimum atomic E-state index is -4.02. The molecule has 0 unspecified atom stereocenters. The van der Waals surface area contributed by atoms with E-state index in [9.17, 15) is 18.0 Å². The number of carboxylic acid groups (broad SMARTS) is 1. The highest BCUT2D eigenvalue weighted by Crippen LogP contribution is 2.40. The van der Waals surface area contributed by atoms with E-state index in [2.05, 4.69) is 6.58 Å². The maximum Gasteiger partial charge on any atom is 0.318 e. The molecule has 0 fully saturated rings.